The molecule has 0 aliphatic heterocycles. The molecule has 1 aromatic heterocycles. The SMILES string of the molecule is CCOc1ccc(C(=O)Nc2ccccc2OCc2cscn2)cc1OC. The Bertz CT molecular complexity index is 897. The average molecular weight is 384 g/mol. The number of carbonyl (C=O) groups excluding carboxylic acids is 1. The number of nitrogens with one attached hydrogen (secondary N) is 1. The van der Waals surface area contributed by atoms with Gasteiger partial charge in [-0.2, -0.15) is 0 Å². The summed E-state index contributed by atoms with van der Waals surface area (Å²) in [6.45, 7) is 2.75. The van der Waals surface area contributed by atoms with Crippen LogP contribution in [0.4, 0.5) is 5.69 Å². The number of rotatable bonds is 8. The highest BCUT2D eigenvalue weighted by Crippen LogP contribution is 2.29. The molecule has 27 heavy (non-hydrogen) atoms. The number of carbonyl (C=O) groups is 1. The first-order valence-corrected chi connectivity index (χ1v) is 9.36. The zero-order valence-corrected chi connectivity index (χ0v) is 15.9. The summed E-state index contributed by atoms with van der Waals surface area (Å²) < 4.78 is 16.6. The number of methoxy groups -OCH3 is 1. The Balaban J connectivity index is 1.74. The second kappa shape index (κ2) is 9.05. The van der Waals surface area contributed by atoms with Gasteiger partial charge in [-0.25, -0.2) is 4.98 Å². The molecule has 6 nitrogen and oxygen atoms in total. The van der Waals surface area contributed by atoms with Gasteiger partial charge in [-0.15, -0.1) is 11.3 Å². The number of amides is 1. The minimum Gasteiger partial charge on any atom is -0.493 e. The first kappa shape index (κ1) is 18.7. The van der Waals surface area contributed by atoms with E-state index in [1.54, 1.807) is 43.0 Å². The molecule has 3 aromatic rings. The van der Waals surface area contributed by atoms with Crippen LogP contribution in [0.15, 0.2) is 53.4 Å². The van der Waals surface area contributed by atoms with Gasteiger partial charge in [0.15, 0.2) is 11.5 Å². The summed E-state index contributed by atoms with van der Waals surface area (Å²) in [5, 5.41) is 4.81. The predicted octanol–water partition coefficient (Wildman–Crippen LogP) is 4.38. The van der Waals surface area contributed by atoms with Crippen molar-refractivity contribution in [1.29, 1.82) is 0 Å². The third-order valence-electron chi connectivity index (χ3n) is 3.72. The zero-order chi connectivity index (χ0) is 19.1. The molecule has 1 N–H and O–H groups in total. The number of hydrogen-bond acceptors (Lipinski definition) is 6. The van der Waals surface area contributed by atoms with Gasteiger partial charge in [0.2, 0.25) is 0 Å². The van der Waals surface area contributed by atoms with E-state index in [4.69, 9.17) is 14.2 Å². The number of ether oxygens (including phenoxy) is 3. The Morgan fingerprint density at radius 1 is 1.11 bits per heavy atom. The van der Waals surface area contributed by atoms with Crippen LogP contribution >= 0.6 is 11.3 Å². The first-order valence-electron chi connectivity index (χ1n) is 8.42. The van der Waals surface area contributed by atoms with E-state index in [-0.39, 0.29) is 5.91 Å². The van der Waals surface area contributed by atoms with Crippen molar-refractivity contribution in [2.45, 2.75) is 13.5 Å². The van der Waals surface area contributed by atoms with Crippen LogP contribution in [0.3, 0.4) is 0 Å². The summed E-state index contributed by atoms with van der Waals surface area (Å²) >= 11 is 1.51. The van der Waals surface area contributed by atoms with Gasteiger partial charge in [-0.1, -0.05) is 12.1 Å². The molecule has 2 aromatic carbocycles. The average Bonchev–Trinajstić information content (AvgIpc) is 3.21. The third kappa shape index (κ3) is 4.77. The Kier molecular flexibility index (Phi) is 6.27. The molecule has 0 spiro atoms. The Morgan fingerprint density at radius 3 is 2.70 bits per heavy atom. The monoisotopic (exact) mass is 384 g/mol. The van der Waals surface area contributed by atoms with Gasteiger partial charge in [-0.05, 0) is 37.3 Å². The van der Waals surface area contributed by atoms with Crippen LogP contribution in [-0.2, 0) is 6.61 Å². The highest BCUT2D eigenvalue weighted by molar-refractivity contribution is 7.07. The smallest absolute Gasteiger partial charge is 0.255 e. The lowest BCUT2D eigenvalue weighted by molar-refractivity contribution is 0.102. The molecule has 0 bridgehead atoms. The maximum Gasteiger partial charge on any atom is 0.255 e. The van der Waals surface area contributed by atoms with E-state index < -0.39 is 0 Å². The van der Waals surface area contributed by atoms with Crippen LogP contribution < -0.4 is 19.5 Å². The topological polar surface area (TPSA) is 69.7 Å². The van der Waals surface area contributed by atoms with Crippen molar-refractivity contribution in [3.8, 4) is 17.2 Å². The Hall–Kier alpha value is -3.06. The van der Waals surface area contributed by atoms with Gasteiger partial charge in [0, 0.05) is 10.9 Å². The standard InChI is InChI=1S/C20H20N2O4S/c1-3-25-18-9-8-14(10-19(18)24-2)20(23)22-16-6-4-5-7-17(16)26-11-15-12-27-13-21-15/h4-10,12-13H,3,11H2,1-2H3,(H,22,23). The second-order valence-electron chi connectivity index (χ2n) is 5.52. The Morgan fingerprint density at radius 2 is 1.96 bits per heavy atom. The minimum absolute atomic E-state index is 0.263. The quantitative estimate of drug-likeness (QED) is 0.624. The van der Waals surface area contributed by atoms with Gasteiger partial charge < -0.3 is 19.5 Å². The summed E-state index contributed by atoms with van der Waals surface area (Å²) in [5.74, 6) is 1.43. The van der Waals surface area contributed by atoms with E-state index in [9.17, 15) is 4.79 Å². The van der Waals surface area contributed by atoms with E-state index in [0.717, 1.165) is 5.69 Å². The van der Waals surface area contributed by atoms with Crippen LogP contribution in [0.25, 0.3) is 0 Å². The molecule has 1 amide bonds. The number of nitrogens with zero attached hydrogens (tertiary/aromatic N) is 1. The molecule has 0 unspecified atom stereocenters. The number of benzene rings is 2. The molecule has 0 radical (unpaired) electrons. The lowest BCUT2D eigenvalue weighted by Crippen LogP contribution is -2.13. The number of aromatic nitrogens is 1. The number of hydrogen-bond donors (Lipinski definition) is 1. The second-order valence-corrected chi connectivity index (χ2v) is 6.24. The van der Waals surface area contributed by atoms with Gasteiger partial charge in [0.1, 0.15) is 12.4 Å². The molecule has 3 rings (SSSR count). The van der Waals surface area contributed by atoms with E-state index in [1.807, 2.05) is 24.4 Å². The van der Waals surface area contributed by atoms with Gasteiger partial charge in [0.05, 0.1) is 30.6 Å². The normalized spacial score (nSPS) is 10.3. The van der Waals surface area contributed by atoms with Crippen LogP contribution in [0, 0.1) is 0 Å². The summed E-state index contributed by atoms with van der Waals surface area (Å²) in [6.07, 6.45) is 0. The van der Waals surface area contributed by atoms with Gasteiger partial charge >= 0.3 is 0 Å². The predicted molar refractivity (Wildman–Crippen MR) is 105 cm³/mol. The van der Waals surface area contributed by atoms with E-state index in [0.29, 0.717) is 41.7 Å². The fourth-order valence-corrected chi connectivity index (χ4v) is 2.98. The van der Waals surface area contributed by atoms with Crippen molar-refractivity contribution >= 4 is 22.9 Å². The van der Waals surface area contributed by atoms with Crippen molar-refractivity contribution in [2.24, 2.45) is 0 Å². The van der Waals surface area contributed by atoms with E-state index in [2.05, 4.69) is 10.3 Å². The largest absolute Gasteiger partial charge is 0.493 e. The van der Waals surface area contributed by atoms with Crippen molar-refractivity contribution in [3.05, 3.63) is 64.6 Å². The van der Waals surface area contributed by atoms with Crippen molar-refractivity contribution in [3.63, 3.8) is 0 Å². The molecule has 0 fully saturated rings. The molecule has 140 valence electrons. The molecular weight excluding hydrogens is 364 g/mol. The maximum atomic E-state index is 12.7. The molecule has 7 heteroatoms. The number of para-hydroxylation sites is 2. The highest BCUT2D eigenvalue weighted by atomic mass is 32.1. The van der Waals surface area contributed by atoms with Crippen LogP contribution in [-0.4, -0.2) is 24.6 Å². The summed E-state index contributed by atoms with van der Waals surface area (Å²) in [7, 11) is 1.54. The summed E-state index contributed by atoms with van der Waals surface area (Å²) in [6, 6.07) is 12.4. The van der Waals surface area contributed by atoms with E-state index in [1.165, 1.54) is 11.3 Å². The number of anilines is 1. The Labute approximate surface area is 161 Å². The molecule has 0 aliphatic rings. The zero-order valence-electron chi connectivity index (χ0n) is 15.1. The van der Waals surface area contributed by atoms with Crippen LogP contribution in [0.1, 0.15) is 23.0 Å². The fourth-order valence-electron chi connectivity index (χ4n) is 2.43. The highest BCUT2D eigenvalue weighted by Gasteiger charge is 2.13. The van der Waals surface area contributed by atoms with Crippen molar-refractivity contribution in [2.75, 3.05) is 19.0 Å². The van der Waals surface area contributed by atoms with Crippen molar-refractivity contribution in [1.82, 2.24) is 4.98 Å². The van der Waals surface area contributed by atoms with Crippen LogP contribution in [0.2, 0.25) is 0 Å². The molecule has 0 saturated carbocycles. The number of thiazole rings is 1. The molecule has 0 atom stereocenters. The lowest BCUT2D eigenvalue weighted by atomic mass is 10.1. The maximum absolute atomic E-state index is 12.7. The van der Waals surface area contributed by atoms with Gasteiger partial charge in [-0.3, -0.25) is 4.79 Å². The molecule has 0 aliphatic carbocycles. The summed E-state index contributed by atoms with van der Waals surface area (Å²) in [5.41, 5.74) is 3.65. The first-order chi connectivity index (χ1) is 13.2. The molecular formula is C20H20N2O4S. The minimum atomic E-state index is -0.263. The van der Waals surface area contributed by atoms with Gasteiger partial charge in [0.25, 0.3) is 5.91 Å². The summed E-state index contributed by atoms with van der Waals surface area (Å²) in [4.78, 5) is 16.9. The molecule has 0 saturated heterocycles. The fraction of sp³-hybridized carbons (Fsp3) is 0.200. The van der Waals surface area contributed by atoms with E-state index >= 15 is 0 Å². The van der Waals surface area contributed by atoms with Crippen LogP contribution in [0.5, 0.6) is 17.2 Å². The molecule has 1 heterocycles. The third-order valence-corrected chi connectivity index (χ3v) is 4.36. The lowest BCUT2D eigenvalue weighted by Gasteiger charge is -2.13. The van der Waals surface area contributed by atoms with Crippen molar-refractivity contribution < 1.29 is 19.0 Å².